The Labute approximate surface area is 159 Å². The monoisotopic (exact) mass is 393 g/mol. The molecule has 0 bridgehead atoms. The van der Waals surface area contributed by atoms with Crippen molar-refractivity contribution in [1.29, 1.82) is 0 Å². The Bertz CT molecular complexity index is 614. The Morgan fingerprint density at radius 2 is 0.692 bits per heavy atom. The maximum atomic E-state index is 10.3. The molecule has 2 N–H and O–H groups in total. The molecule has 3 aromatic carbocycles. The van der Waals surface area contributed by atoms with Gasteiger partial charge in [0, 0.05) is 0 Å². The van der Waals surface area contributed by atoms with Crippen LogP contribution >= 0.6 is 0 Å². The van der Waals surface area contributed by atoms with Crippen molar-refractivity contribution in [2.45, 2.75) is 0 Å². The Kier molecular flexibility index (Phi) is 11.6. The minimum absolute atomic E-state index is 0.0764. The van der Waals surface area contributed by atoms with Crippen LogP contribution in [-0.4, -0.2) is 10.2 Å². The Hall–Kier alpha value is -3.16. The molecule has 0 saturated heterocycles. The third kappa shape index (κ3) is 9.22. The van der Waals surface area contributed by atoms with Crippen molar-refractivity contribution in [3.63, 3.8) is 0 Å². The van der Waals surface area contributed by atoms with Gasteiger partial charge in [-0.05, 0) is 12.1 Å². The summed E-state index contributed by atoms with van der Waals surface area (Å²) in [6.45, 7) is 0. The summed E-state index contributed by atoms with van der Waals surface area (Å²) in [7, 11) is 0. The molecular weight excluding hydrogens is 379 g/mol. The average Bonchev–Trinajstić information content (AvgIpc) is 2.65. The number of hydrogen-bond acceptors (Lipinski definition) is 7. The van der Waals surface area contributed by atoms with Gasteiger partial charge in [-0.15, -0.1) is 23.0 Å². The van der Waals surface area contributed by atoms with Gasteiger partial charge < -0.3 is 30.6 Å². The van der Waals surface area contributed by atoms with Crippen LogP contribution in [0.4, 0.5) is 0 Å². The minimum atomic E-state index is -0.437. The third-order valence-electron chi connectivity index (χ3n) is 2.58. The molecule has 0 unspecified atom stereocenters. The van der Waals surface area contributed by atoms with Crippen LogP contribution in [0.3, 0.4) is 0 Å². The number of para-hydroxylation sites is 6. The van der Waals surface area contributed by atoms with Crippen LogP contribution in [0.2, 0.25) is 0 Å². The summed E-state index contributed by atoms with van der Waals surface area (Å²) in [6, 6.07) is 17.3. The van der Waals surface area contributed by atoms with Crippen LogP contribution in [0.5, 0.6) is 34.5 Å². The Morgan fingerprint density at radius 1 is 0.500 bits per heavy atom. The molecule has 0 heterocycles. The molecule has 0 saturated carbocycles. The first kappa shape index (κ1) is 22.8. The van der Waals surface area contributed by atoms with Crippen LogP contribution in [0.25, 0.3) is 0 Å². The van der Waals surface area contributed by atoms with E-state index in [1.165, 1.54) is 36.4 Å². The van der Waals surface area contributed by atoms with Crippen LogP contribution in [-0.2, 0) is 21.0 Å². The first-order valence-corrected chi connectivity index (χ1v) is 7.50. The molecule has 0 aromatic heterocycles. The van der Waals surface area contributed by atoms with Gasteiger partial charge in [0.2, 0.25) is 0 Å². The standard InChI is InChI=1S/3C6H6O2.O.V/c3*7-5-3-1-2-4-6(5)8;;/h3*1-4,7-8H;;/q;;;;+2/p-4. The zero-order valence-electron chi connectivity index (χ0n) is 13.3. The van der Waals surface area contributed by atoms with E-state index in [-0.39, 0.29) is 11.5 Å². The van der Waals surface area contributed by atoms with Gasteiger partial charge >= 0.3 is 21.0 Å². The van der Waals surface area contributed by atoms with Crippen molar-refractivity contribution in [2.24, 2.45) is 0 Å². The van der Waals surface area contributed by atoms with Crippen LogP contribution in [0, 0.1) is 0 Å². The van der Waals surface area contributed by atoms with Crippen molar-refractivity contribution in [3.05, 3.63) is 72.8 Å². The SMILES string of the molecule is Oc1ccccc1O.[O-]c1ccccc1[O-].[O-]c1ccccc1[O-].[O]=[V+2]. The van der Waals surface area contributed by atoms with E-state index in [0.29, 0.717) is 0 Å². The molecule has 0 amide bonds. The molecule has 0 atom stereocenters. The fourth-order valence-corrected chi connectivity index (χ4v) is 1.36. The fourth-order valence-electron chi connectivity index (χ4n) is 1.36. The van der Waals surface area contributed by atoms with Gasteiger partial charge in [-0.25, -0.2) is 0 Å². The van der Waals surface area contributed by atoms with E-state index in [4.69, 9.17) is 13.9 Å². The van der Waals surface area contributed by atoms with Crippen molar-refractivity contribution in [3.8, 4) is 34.5 Å². The second kappa shape index (κ2) is 13.2. The molecule has 0 aliphatic rings. The second-order valence-electron chi connectivity index (χ2n) is 4.38. The van der Waals surface area contributed by atoms with Crippen molar-refractivity contribution in [1.82, 2.24) is 0 Å². The number of hydrogen-bond donors (Lipinski definition) is 2. The number of benzene rings is 3. The molecular formula is C18H14O7V-2. The van der Waals surface area contributed by atoms with E-state index >= 15 is 0 Å². The summed E-state index contributed by atoms with van der Waals surface area (Å²) in [5, 5.41) is 58.6. The van der Waals surface area contributed by atoms with Crippen LogP contribution in [0.1, 0.15) is 0 Å². The van der Waals surface area contributed by atoms with Gasteiger partial charge in [0.25, 0.3) is 0 Å². The van der Waals surface area contributed by atoms with E-state index in [1.54, 1.807) is 36.4 Å². The maximum absolute atomic E-state index is 10.3. The summed E-state index contributed by atoms with van der Waals surface area (Å²) in [5.74, 6) is -1.90. The fraction of sp³-hybridized carbons (Fsp3) is 0. The van der Waals surface area contributed by atoms with Gasteiger partial charge in [-0.1, -0.05) is 60.7 Å². The van der Waals surface area contributed by atoms with E-state index in [2.05, 4.69) is 0 Å². The first-order valence-electron chi connectivity index (χ1n) is 6.93. The molecule has 3 aromatic rings. The number of phenols is 2. The van der Waals surface area contributed by atoms with Crippen molar-refractivity contribution in [2.75, 3.05) is 0 Å². The number of phenolic OH excluding ortho intramolecular Hbond substituents is 2. The Morgan fingerprint density at radius 3 is 0.846 bits per heavy atom. The summed E-state index contributed by atoms with van der Waals surface area (Å²) in [6.07, 6.45) is 0. The molecule has 135 valence electrons. The summed E-state index contributed by atoms with van der Waals surface area (Å²) < 4.78 is 8.19. The summed E-state index contributed by atoms with van der Waals surface area (Å²) >= 11 is 1.06. The van der Waals surface area contributed by atoms with Gasteiger partial charge in [-0.2, -0.15) is 0 Å². The molecule has 7 nitrogen and oxygen atoms in total. The molecule has 8 heteroatoms. The normalized spacial score (nSPS) is 8.54. The zero-order valence-corrected chi connectivity index (χ0v) is 14.7. The molecule has 0 aliphatic carbocycles. The van der Waals surface area contributed by atoms with Gasteiger partial charge in [0.15, 0.2) is 11.5 Å². The van der Waals surface area contributed by atoms with E-state index in [1.807, 2.05) is 0 Å². The van der Waals surface area contributed by atoms with Gasteiger partial charge in [-0.3, -0.25) is 0 Å². The second-order valence-corrected chi connectivity index (χ2v) is 4.38. The van der Waals surface area contributed by atoms with Crippen LogP contribution < -0.4 is 20.4 Å². The van der Waals surface area contributed by atoms with E-state index in [0.717, 1.165) is 17.4 Å². The Balaban J connectivity index is 0.000000344. The quantitative estimate of drug-likeness (QED) is 0.532. The van der Waals surface area contributed by atoms with Crippen molar-refractivity contribution >= 4 is 0 Å². The zero-order chi connectivity index (χ0) is 19.9. The summed E-state index contributed by atoms with van der Waals surface area (Å²) in [5.41, 5.74) is 0. The average molecular weight is 393 g/mol. The van der Waals surface area contributed by atoms with Gasteiger partial charge in [0.1, 0.15) is 0 Å². The molecule has 26 heavy (non-hydrogen) atoms. The summed E-state index contributed by atoms with van der Waals surface area (Å²) in [4.78, 5) is 0. The topological polar surface area (TPSA) is 150 Å². The first-order chi connectivity index (χ1) is 12.4. The van der Waals surface area contributed by atoms with E-state index in [9.17, 15) is 20.4 Å². The third-order valence-corrected chi connectivity index (χ3v) is 2.58. The number of aromatic hydroxyl groups is 2. The molecule has 0 aliphatic heterocycles. The van der Waals surface area contributed by atoms with Crippen LogP contribution in [0.15, 0.2) is 72.8 Å². The number of rotatable bonds is 0. The molecule has 0 radical (unpaired) electrons. The van der Waals surface area contributed by atoms with Gasteiger partial charge in [0.05, 0.1) is 0 Å². The molecule has 0 fully saturated rings. The van der Waals surface area contributed by atoms with E-state index < -0.39 is 23.0 Å². The predicted molar refractivity (Wildman–Crippen MR) is 81.1 cm³/mol. The molecule has 3 rings (SSSR count). The van der Waals surface area contributed by atoms with Crippen molar-refractivity contribution < 1.29 is 51.7 Å². The molecule has 0 spiro atoms. The predicted octanol–water partition coefficient (Wildman–Crippen LogP) is 0.644.